The third kappa shape index (κ3) is 3.92. The number of carboxylic acid groups (broad SMARTS) is 1. The lowest BCUT2D eigenvalue weighted by atomic mass is 10.1. The minimum Gasteiger partial charge on any atom is -0.480 e. The molecule has 21 heavy (non-hydrogen) atoms. The van der Waals surface area contributed by atoms with E-state index >= 15 is 0 Å². The summed E-state index contributed by atoms with van der Waals surface area (Å²) < 4.78 is 0. The first-order valence-corrected chi connectivity index (χ1v) is 6.69. The highest BCUT2D eigenvalue weighted by Crippen LogP contribution is 2.16. The predicted octanol–water partition coefficient (Wildman–Crippen LogP) is 2.66. The molecule has 1 N–H and O–H groups in total. The summed E-state index contributed by atoms with van der Waals surface area (Å²) >= 11 is 0. The number of rotatable bonds is 5. The fraction of sp³-hybridized carbons (Fsp3) is 0.176. The molecule has 1 amide bonds. The lowest BCUT2D eigenvalue weighted by Crippen LogP contribution is -2.36. The van der Waals surface area contributed by atoms with E-state index in [9.17, 15) is 9.59 Å². The monoisotopic (exact) mass is 283 g/mol. The van der Waals surface area contributed by atoms with Crippen molar-refractivity contribution in [3.05, 3.63) is 65.7 Å². The molecule has 0 aliphatic heterocycles. The highest BCUT2D eigenvalue weighted by Gasteiger charge is 2.19. The highest BCUT2D eigenvalue weighted by atomic mass is 16.4. The van der Waals surface area contributed by atoms with Crippen LogP contribution in [0.25, 0.3) is 0 Å². The minimum absolute atomic E-state index is 0.189. The van der Waals surface area contributed by atoms with Gasteiger partial charge in [0.15, 0.2) is 0 Å². The number of anilines is 1. The Hall–Kier alpha value is -2.62. The topological polar surface area (TPSA) is 57.6 Å². The van der Waals surface area contributed by atoms with Gasteiger partial charge in [0.25, 0.3) is 0 Å². The standard InChI is InChI=1S/C17H17NO3/c1-13-7-5-6-8-14(13)11-16(19)18(12-17(20)21)15-9-3-2-4-10-15/h2-10H,11-12H2,1H3,(H,20,21). The van der Waals surface area contributed by atoms with E-state index in [4.69, 9.17) is 5.11 Å². The molecule has 0 aliphatic carbocycles. The lowest BCUT2D eigenvalue weighted by molar-refractivity contribution is -0.136. The van der Waals surface area contributed by atoms with E-state index < -0.39 is 5.97 Å². The summed E-state index contributed by atoms with van der Waals surface area (Å²) in [7, 11) is 0. The Morgan fingerprint density at radius 2 is 1.62 bits per heavy atom. The Kier molecular flexibility index (Phi) is 4.72. The number of carboxylic acids is 1. The van der Waals surface area contributed by atoms with Crippen LogP contribution in [0, 0.1) is 6.92 Å². The van der Waals surface area contributed by atoms with Gasteiger partial charge in [-0.15, -0.1) is 0 Å². The van der Waals surface area contributed by atoms with Gasteiger partial charge in [-0.3, -0.25) is 9.59 Å². The molecule has 0 radical (unpaired) electrons. The van der Waals surface area contributed by atoms with Gasteiger partial charge < -0.3 is 10.0 Å². The minimum atomic E-state index is -1.03. The van der Waals surface area contributed by atoms with Crippen molar-refractivity contribution in [1.29, 1.82) is 0 Å². The molecule has 0 aliphatic rings. The first-order chi connectivity index (χ1) is 10.1. The van der Waals surface area contributed by atoms with Gasteiger partial charge in [-0.25, -0.2) is 0 Å². The zero-order chi connectivity index (χ0) is 15.2. The van der Waals surface area contributed by atoms with Crippen LogP contribution in [0.1, 0.15) is 11.1 Å². The molecule has 2 aromatic carbocycles. The molecule has 0 unspecified atom stereocenters. The van der Waals surface area contributed by atoms with Crippen molar-refractivity contribution in [3.63, 3.8) is 0 Å². The van der Waals surface area contributed by atoms with Crippen molar-refractivity contribution < 1.29 is 14.7 Å². The first-order valence-electron chi connectivity index (χ1n) is 6.69. The molecule has 108 valence electrons. The summed E-state index contributed by atoms with van der Waals surface area (Å²) in [4.78, 5) is 24.8. The molecule has 0 saturated carbocycles. The maximum absolute atomic E-state index is 12.5. The number of hydrogen-bond acceptors (Lipinski definition) is 2. The molecule has 0 bridgehead atoms. The van der Waals surface area contributed by atoms with Crippen LogP contribution < -0.4 is 4.90 Å². The average Bonchev–Trinajstić information content (AvgIpc) is 2.48. The van der Waals surface area contributed by atoms with E-state index in [2.05, 4.69) is 0 Å². The molecule has 0 aromatic heterocycles. The van der Waals surface area contributed by atoms with Gasteiger partial charge in [0.05, 0.1) is 6.42 Å². The van der Waals surface area contributed by atoms with Crippen molar-refractivity contribution in [1.82, 2.24) is 0 Å². The van der Waals surface area contributed by atoms with Gasteiger partial charge in [0, 0.05) is 5.69 Å². The van der Waals surface area contributed by atoms with Crippen LogP contribution in [-0.2, 0) is 16.0 Å². The number of carbonyl (C=O) groups is 2. The Labute approximate surface area is 123 Å². The lowest BCUT2D eigenvalue weighted by Gasteiger charge is -2.21. The smallest absolute Gasteiger partial charge is 0.323 e. The summed E-state index contributed by atoms with van der Waals surface area (Å²) in [5.74, 6) is -1.25. The van der Waals surface area contributed by atoms with Gasteiger partial charge in [-0.1, -0.05) is 42.5 Å². The number of aliphatic carboxylic acids is 1. The summed E-state index contributed by atoms with van der Waals surface area (Å²) in [5.41, 5.74) is 2.53. The summed E-state index contributed by atoms with van der Waals surface area (Å²) in [6, 6.07) is 16.5. The number of hydrogen-bond donors (Lipinski definition) is 1. The molecule has 4 nitrogen and oxygen atoms in total. The summed E-state index contributed by atoms with van der Waals surface area (Å²) in [6.07, 6.45) is 0.189. The van der Waals surface area contributed by atoms with Gasteiger partial charge in [0.1, 0.15) is 6.54 Å². The van der Waals surface area contributed by atoms with Crippen LogP contribution in [0.2, 0.25) is 0 Å². The number of carbonyl (C=O) groups excluding carboxylic acids is 1. The SMILES string of the molecule is Cc1ccccc1CC(=O)N(CC(=O)O)c1ccccc1. The maximum atomic E-state index is 12.5. The molecular formula is C17H17NO3. The molecule has 4 heteroatoms. The molecule has 2 aromatic rings. The van der Waals surface area contributed by atoms with Crippen molar-refractivity contribution in [2.45, 2.75) is 13.3 Å². The Morgan fingerprint density at radius 3 is 2.24 bits per heavy atom. The molecule has 0 atom stereocenters. The zero-order valence-corrected chi connectivity index (χ0v) is 11.8. The van der Waals surface area contributed by atoms with Crippen LogP contribution in [0.3, 0.4) is 0 Å². The Balaban J connectivity index is 2.23. The quantitative estimate of drug-likeness (QED) is 0.917. The van der Waals surface area contributed by atoms with E-state index in [1.807, 2.05) is 37.3 Å². The fourth-order valence-corrected chi connectivity index (χ4v) is 2.13. The van der Waals surface area contributed by atoms with Crippen molar-refractivity contribution in [3.8, 4) is 0 Å². The van der Waals surface area contributed by atoms with Gasteiger partial charge in [-0.2, -0.15) is 0 Å². The van der Waals surface area contributed by atoms with Crippen LogP contribution >= 0.6 is 0 Å². The first kappa shape index (κ1) is 14.8. The van der Waals surface area contributed by atoms with E-state index in [1.54, 1.807) is 24.3 Å². The molecule has 0 heterocycles. The summed E-state index contributed by atoms with van der Waals surface area (Å²) in [5, 5.41) is 9.02. The van der Waals surface area contributed by atoms with Crippen LogP contribution in [0.5, 0.6) is 0 Å². The number of para-hydroxylation sites is 1. The Morgan fingerprint density at radius 1 is 1.00 bits per heavy atom. The van der Waals surface area contributed by atoms with Crippen molar-refractivity contribution >= 4 is 17.6 Å². The average molecular weight is 283 g/mol. The van der Waals surface area contributed by atoms with Crippen LogP contribution in [0.4, 0.5) is 5.69 Å². The van der Waals surface area contributed by atoms with E-state index in [1.165, 1.54) is 4.90 Å². The predicted molar refractivity (Wildman–Crippen MR) is 81.3 cm³/mol. The van der Waals surface area contributed by atoms with Crippen molar-refractivity contribution in [2.24, 2.45) is 0 Å². The zero-order valence-electron chi connectivity index (χ0n) is 11.8. The highest BCUT2D eigenvalue weighted by molar-refractivity contribution is 5.98. The summed E-state index contributed by atoms with van der Waals surface area (Å²) in [6.45, 7) is 1.60. The van der Waals surface area contributed by atoms with E-state index in [0.29, 0.717) is 5.69 Å². The van der Waals surface area contributed by atoms with Gasteiger partial charge in [-0.05, 0) is 30.2 Å². The van der Waals surface area contributed by atoms with Crippen LogP contribution in [0.15, 0.2) is 54.6 Å². The van der Waals surface area contributed by atoms with Gasteiger partial charge in [0.2, 0.25) is 5.91 Å². The molecule has 2 rings (SSSR count). The van der Waals surface area contributed by atoms with Crippen molar-refractivity contribution in [2.75, 3.05) is 11.4 Å². The number of aryl methyl sites for hydroxylation is 1. The molecule has 0 saturated heterocycles. The third-order valence-electron chi connectivity index (χ3n) is 3.27. The molecule has 0 fully saturated rings. The normalized spacial score (nSPS) is 10.1. The largest absolute Gasteiger partial charge is 0.480 e. The Bertz CT molecular complexity index is 637. The number of benzene rings is 2. The molecule has 0 spiro atoms. The fourth-order valence-electron chi connectivity index (χ4n) is 2.13. The van der Waals surface area contributed by atoms with Gasteiger partial charge >= 0.3 is 5.97 Å². The number of amides is 1. The second-order valence-electron chi connectivity index (χ2n) is 4.81. The van der Waals surface area contributed by atoms with E-state index in [0.717, 1.165) is 11.1 Å². The molecular weight excluding hydrogens is 266 g/mol. The second kappa shape index (κ2) is 6.70. The third-order valence-corrected chi connectivity index (χ3v) is 3.27. The van der Waals surface area contributed by atoms with Crippen LogP contribution in [-0.4, -0.2) is 23.5 Å². The maximum Gasteiger partial charge on any atom is 0.323 e. The number of nitrogens with zero attached hydrogens (tertiary/aromatic N) is 1. The van der Waals surface area contributed by atoms with E-state index in [-0.39, 0.29) is 18.9 Å². The second-order valence-corrected chi connectivity index (χ2v) is 4.81.